The third kappa shape index (κ3) is 2.63. The van der Waals surface area contributed by atoms with Gasteiger partial charge in [-0.15, -0.1) is 0 Å². The van der Waals surface area contributed by atoms with Crippen molar-refractivity contribution < 1.29 is 8.42 Å². The summed E-state index contributed by atoms with van der Waals surface area (Å²) in [5.74, 6) is 0.898. The fourth-order valence-corrected chi connectivity index (χ4v) is 3.31. The second-order valence-electron chi connectivity index (χ2n) is 4.82. The van der Waals surface area contributed by atoms with Gasteiger partial charge in [0.05, 0.1) is 16.3 Å². The largest absolute Gasteiger partial charge is 0.381 e. The SMILES string of the molecule is CCS(=O)(=O)c1ccccc1NC1CC(C)C1. The van der Waals surface area contributed by atoms with Crippen LogP contribution in [0, 0.1) is 5.92 Å². The van der Waals surface area contributed by atoms with Gasteiger partial charge in [0.1, 0.15) is 0 Å². The quantitative estimate of drug-likeness (QED) is 0.897. The molecule has 0 radical (unpaired) electrons. The van der Waals surface area contributed by atoms with Gasteiger partial charge < -0.3 is 5.32 Å². The molecule has 0 unspecified atom stereocenters. The van der Waals surface area contributed by atoms with Crippen LogP contribution in [-0.4, -0.2) is 20.2 Å². The van der Waals surface area contributed by atoms with E-state index in [1.54, 1.807) is 19.1 Å². The van der Waals surface area contributed by atoms with Gasteiger partial charge in [-0.2, -0.15) is 0 Å². The van der Waals surface area contributed by atoms with Crippen LogP contribution in [0.4, 0.5) is 5.69 Å². The van der Waals surface area contributed by atoms with Crippen LogP contribution in [0.25, 0.3) is 0 Å². The average Bonchev–Trinajstić information content (AvgIpc) is 2.27. The summed E-state index contributed by atoms with van der Waals surface area (Å²) in [6, 6.07) is 7.61. The third-order valence-electron chi connectivity index (χ3n) is 3.34. The smallest absolute Gasteiger partial charge is 0.180 e. The number of hydrogen-bond donors (Lipinski definition) is 1. The van der Waals surface area contributed by atoms with Gasteiger partial charge in [0, 0.05) is 6.04 Å². The molecule has 0 bridgehead atoms. The van der Waals surface area contributed by atoms with E-state index in [9.17, 15) is 8.42 Å². The zero-order chi connectivity index (χ0) is 12.5. The maximum Gasteiger partial charge on any atom is 0.180 e. The van der Waals surface area contributed by atoms with E-state index in [1.807, 2.05) is 12.1 Å². The number of nitrogens with one attached hydrogen (secondary N) is 1. The predicted octanol–water partition coefficient (Wildman–Crippen LogP) is 2.69. The topological polar surface area (TPSA) is 46.2 Å². The first-order valence-corrected chi connectivity index (χ1v) is 7.76. The fourth-order valence-electron chi connectivity index (χ4n) is 2.25. The van der Waals surface area contributed by atoms with Crippen LogP contribution < -0.4 is 5.32 Å². The molecule has 2 rings (SSSR count). The van der Waals surface area contributed by atoms with Crippen molar-refractivity contribution >= 4 is 15.5 Å². The summed E-state index contributed by atoms with van der Waals surface area (Å²) < 4.78 is 23.9. The highest BCUT2D eigenvalue weighted by atomic mass is 32.2. The van der Waals surface area contributed by atoms with Crippen LogP contribution in [0.2, 0.25) is 0 Å². The normalized spacial score (nSPS) is 24.1. The molecule has 0 spiro atoms. The molecule has 0 heterocycles. The highest BCUT2D eigenvalue weighted by Gasteiger charge is 2.26. The third-order valence-corrected chi connectivity index (χ3v) is 5.12. The maximum atomic E-state index is 11.9. The number of anilines is 1. The highest BCUT2D eigenvalue weighted by molar-refractivity contribution is 7.91. The summed E-state index contributed by atoms with van der Waals surface area (Å²) in [7, 11) is -3.13. The van der Waals surface area contributed by atoms with Gasteiger partial charge in [-0.05, 0) is 30.9 Å². The Labute approximate surface area is 103 Å². The van der Waals surface area contributed by atoms with Crippen molar-refractivity contribution in [1.82, 2.24) is 0 Å². The molecular weight excluding hydrogens is 234 g/mol. The molecule has 4 heteroatoms. The standard InChI is InChI=1S/C13H19NO2S/c1-3-17(15,16)13-7-5-4-6-12(13)14-11-8-10(2)9-11/h4-7,10-11,14H,3,8-9H2,1-2H3. The van der Waals surface area contributed by atoms with Gasteiger partial charge in [-0.25, -0.2) is 8.42 Å². The second-order valence-corrected chi connectivity index (χ2v) is 7.06. The summed E-state index contributed by atoms with van der Waals surface area (Å²) in [6.45, 7) is 3.89. The van der Waals surface area contributed by atoms with Gasteiger partial charge >= 0.3 is 0 Å². The molecule has 0 aliphatic heterocycles. The Hall–Kier alpha value is -1.03. The molecule has 17 heavy (non-hydrogen) atoms. The zero-order valence-electron chi connectivity index (χ0n) is 10.3. The van der Waals surface area contributed by atoms with Gasteiger partial charge in [0.15, 0.2) is 9.84 Å². The van der Waals surface area contributed by atoms with E-state index in [1.165, 1.54) is 0 Å². The molecule has 1 aromatic carbocycles. The molecule has 1 saturated carbocycles. The van der Waals surface area contributed by atoms with Crippen molar-refractivity contribution in [2.24, 2.45) is 5.92 Å². The first-order valence-electron chi connectivity index (χ1n) is 6.11. The summed E-state index contributed by atoms with van der Waals surface area (Å²) in [6.07, 6.45) is 2.25. The number of hydrogen-bond acceptors (Lipinski definition) is 3. The van der Waals surface area contributed by atoms with E-state index >= 15 is 0 Å². The van der Waals surface area contributed by atoms with Crippen LogP contribution in [0.1, 0.15) is 26.7 Å². The molecule has 1 aromatic rings. The second kappa shape index (κ2) is 4.69. The summed E-state index contributed by atoms with van der Waals surface area (Å²) in [4.78, 5) is 0.432. The van der Waals surface area contributed by atoms with Gasteiger partial charge in [0.2, 0.25) is 0 Å². The lowest BCUT2D eigenvalue weighted by Gasteiger charge is -2.34. The van der Waals surface area contributed by atoms with Crippen molar-refractivity contribution in [2.45, 2.75) is 37.6 Å². The summed E-state index contributed by atoms with van der Waals surface area (Å²) in [5, 5.41) is 3.34. The minimum absolute atomic E-state index is 0.146. The van der Waals surface area contributed by atoms with Gasteiger partial charge in [-0.3, -0.25) is 0 Å². The van der Waals surface area contributed by atoms with Crippen molar-refractivity contribution in [3.05, 3.63) is 24.3 Å². The molecular formula is C13H19NO2S. The zero-order valence-corrected chi connectivity index (χ0v) is 11.1. The van der Waals surface area contributed by atoms with E-state index in [0.29, 0.717) is 10.9 Å². The van der Waals surface area contributed by atoms with Crippen LogP contribution in [0.3, 0.4) is 0 Å². The molecule has 1 fully saturated rings. The molecule has 1 aliphatic carbocycles. The van der Waals surface area contributed by atoms with E-state index < -0.39 is 9.84 Å². The van der Waals surface area contributed by atoms with Crippen molar-refractivity contribution in [2.75, 3.05) is 11.1 Å². The minimum Gasteiger partial charge on any atom is -0.381 e. The first-order chi connectivity index (χ1) is 8.03. The molecule has 1 N–H and O–H groups in total. The first kappa shape index (κ1) is 12.4. The van der Waals surface area contributed by atoms with Crippen molar-refractivity contribution in [3.8, 4) is 0 Å². The lowest BCUT2D eigenvalue weighted by Crippen LogP contribution is -2.34. The van der Waals surface area contributed by atoms with E-state index in [-0.39, 0.29) is 5.75 Å². The van der Waals surface area contributed by atoms with Crippen LogP contribution in [-0.2, 0) is 9.84 Å². The van der Waals surface area contributed by atoms with Crippen molar-refractivity contribution in [1.29, 1.82) is 0 Å². The monoisotopic (exact) mass is 253 g/mol. The summed E-state index contributed by atoms with van der Waals surface area (Å²) >= 11 is 0. The fraction of sp³-hybridized carbons (Fsp3) is 0.538. The molecule has 3 nitrogen and oxygen atoms in total. The Morgan fingerprint density at radius 3 is 2.53 bits per heavy atom. The number of benzene rings is 1. The predicted molar refractivity (Wildman–Crippen MR) is 70.0 cm³/mol. The lowest BCUT2D eigenvalue weighted by molar-refractivity contribution is 0.309. The number of sulfone groups is 1. The maximum absolute atomic E-state index is 11.9. The minimum atomic E-state index is -3.13. The van der Waals surface area contributed by atoms with Gasteiger partial charge in [0.25, 0.3) is 0 Å². The Morgan fingerprint density at radius 1 is 1.29 bits per heavy atom. The number of para-hydroxylation sites is 1. The highest BCUT2D eigenvalue weighted by Crippen LogP contribution is 2.31. The van der Waals surface area contributed by atoms with Crippen LogP contribution in [0.5, 0.6) is 0 Å². The molecule has 1 aliphatic rings. The van der Waals surface area contributed by atoms with Crippen molar-refractivity contribution in [3.63, 3.8) is 0 Å². The molecule has 0 amide bonds. The molecule has 0 atom stereocenters. The Bertz CT molecular complexity index is 490. The molecule has 0 aromatic heterocycles. The van der Waals surface area contributed by atoms with Gasteiger partial charge in [-0.1, -0.05) is 26.0 Å². The Kier molecular flexibility index (Phi) is 3.43. The lowest BCUT2D eigenvalue weighted by atomic mass is 9.82. The number of rotatable bonds is 4. The van der Waals surface area contributed by atoms with Crippen LogP contribution >= 0.6 is 0 Å². The average molecular weight is 253 g/mol. The van der Waals surface area contributed by atoms with Crippen LogP contribution in [0.15, 0.2) is 29.2 Å². The Balaban J connectivity index is 2.22. The Morgan fingerprint density at radius 2 is 1.94 bits per heavy atom. The molecule has 0 saturated heterocycles. The van der Waals surface area contributed by atoms with E-state index in [2.05, 4.69) is 12.2 Å². The van der Waals surface area contributed by atoms with E-state index in [4.69, 9.17) is 0 Å². The summed E-state index contributed by atoms with van der Waals surface area (Å²) in [5.41, 5.74) is 0.756. The van der Waals surface area contributed by atoms with E-state index in [0.717, 1.165) is 24.4 Å². The molecule has 94 valence electrons.